The fourth-order valence-corrected chi connectivity index (χ4v) is 4.12. The van der Waals surface area contributed by atoms with E-state index in [2.05, 4.69) is 0 Å². The lowest BCUT2D eigenvalue weighted by Crippen LogP contribution is -2.19. The van der Waals surface area contributed by atoms with E-state index >= 15 is 0 Å². The number of ether oxygens (including phenoxy) is 2. The van der Waals surface area contributed by atoms with Crippen LogP contribution in [-0.2, 0) is 6.61 Å². The Labute approximate surface area is 207 Å². The lowest BCUT2D eigenvalue weighted by Gasteiger charge is -2.12. The van der Waals surface area contributed by atoms with Gasteiger partial charge in [-0.2, -0.15) is 5.10 Å². The van der Waals surface area contributed by atoms with Crippen LogP contribution in [0.25, 0.3) is 22.6 Å². The van der Waals surface area contributed by atoms with Crippen molar-refractivity contribution in [1.82, 2.24) is 19.2 Å². The van der Waals surface area contributed by atoms with E-state index in [4.69, 9.17) is 31.2 Å². The SMILES string of the molecule is COc1cccc(-n2nc(-c3c(C)nc4c(OCc5ccc(Cl)cc5)cccn4c3=O)cc2C)c1. The van der Waals surface area contributed by atoms with Crippen molar-refractivity contribution in [3.05, 3.63) is 105 Å². The summed E-state index contributed by atoms with van der Waals surface area (Å²) in [6, 6.07) is 20.5. The molecule has 0 saturated carbocycles. The second-order valence-corrected chi connectivity index (χ2v) is 8.58. The molecule has 0 fully saturated rings. The number of aromatic nitrogens is 4. The minimum absolute atomic E-state index is 0.209. The molecule has 35 heavy (non-hydrogen) atoms. The average molecular weight is 487 g/mol. The van der Waals surface area contributed by atoms with Crippen LogP contribution in [0.3, 0.4) is 0 Å². The van der Waals surface area contributed by atoms with E-state index in [9.17, 15) is 4.79 Å². The van der Waals surface area contributed by atoms with E-state index < -0.39 is 0 Å². The summed E-state index contributed by atoms with van der Waals surface area (Å²) in [4.78, 5) is 18.3. The Morgan fingerprint density at radius 3 is 2.57 bits per heavy atom. The van der Waals surface area contributed by atoms with Gasteiger partial charge in [-0.25, -0.2) is 9.67 Å². The molecule has 0 aliphatic rings. The molecule has 0 aliphatic carbocycles. The molecule has 0 aliphatic heterocycles. The molecule has 0 saturated heterocycles. The zero-order valence-electron chi connectivity index (χ0n) is 19.5. The summed E-state index contributed by atoms with van der Waals surface area (Å²) in [5, 5.41) is 5.39. The van der Waals surface area contributed by atoms with Gasteiger partial charge in [0.1, 0.15) is 18.1 Å². The van der Waals surface area contributed by atoms with Gasteiger partial charge in [0.2, 0.25) is 0 Å². The first-order chi connectivity index (χ1) is 16.9. The van der Waals surface area contributed by atoms with Crippen LogP contribution in [-0.4, -0.2) is 26.3 Å². The van der Waals surface area contributed by atoms with Crippen molar-refractivity contribution in [3.63, 3.8) is 0 Å². The van der Waals surface area contributed by atoms with Crippen LogP contribution in [0.2, 0.25) is 5.02 Å². The molecule has 0 N–H and O–H groups in total. The van der Waals surface area contributed by atoms with Crippen LogP contribution < -0.4 is 15.0 Å². The van der Waals surface area contributed by atoms with Gasteiger partial charge in [-0.3, -0.25) is 9.20 Å². The molecule has 8 heteroatoms. The highest BCUT2D eigenvalue weighted by Crippen LogP contribution is 2.25. The van der Waals surface area contributed by atoms with Crippen LogP contribution in [0, 0.1) is 13.8 Å². The zero-order valence-corrected chi connectivity index (χ0v) is 20.3. The van der Waals surface area contributed by atoms with Crippen molar-refractivity contribution < 1.29 is 9.47 Å². The van der Waals surface area contributed by atoms with Gasteiger partial charge >= 0.3 is 0 Å². The van der Waals surface area contributed by atoms with E-state index in [-0.39, 0.29) is 5.56 Å². The Morgan fingerprint density at radius 2 is 1.80 bits per heavy atom. The molecule has 5 aromatic rings. The van der Waals surface area contributed by atoms with Crippen molar-refractivity contribution in [2.75, 3.05) is 7.11 Å². The summed E-state index contributed by atoms with van der Waals surface area (Å²) in [7, 11) is 1.62. The van der Waals surface area contributed by atoms with Gasteiger partial charge < -0.3 is 9.47 Å². The fraction of sp³-hybridized carbons (Fsp3) is 0.148. The molecule has 0 bridgehead atoms. The molecule has 3 aromatic heterocycles. The van der Waals surface area contributed by atoms with Gasteiger partial charge in [0.05, 0.1) is 24.1 Å². The van der Waals surface area contributed by atoms with Crippen LogP contribution >= 0.6 is 11.6 Å². The number of methoxy groups -OCH3 is 1. The number of hydrogen-bond donors (Lipinski definition) is 0. The summed E-state index contributed by atoms with van der Waals surface area (Å²) in [6.45, 7) is 4.09. The van der Waals surface area contributed by atoms with Crippen LogP contribution in [0.15, 0.2) is 77.7 Å². The number of hydrogen-bond acceptors (Lipinski definition) is 5. The van der Waals surface area contributed by atoms with E-state index in [1.165, 1.54) is 4.40 Å². The smallest absolute Gasteiger partial charge is 0.267 e. The largest absolute Gasteiger partial charge is 0.497 e. The molecule has 0 amide bonds. The Balaban J connectivity index is 1.54. The third-order valence-corrected chi connectivity index (χ3v) is 6.00. The highest BCUT2D eigenvalue weighted by atomic mass is 35.5. The third-order valence-electron chi connectivity index (χ3n) is 5.75. The van der Waals surface area contributed by atoms with Crippen LogP contribution in [0.4, 0.5) is 0 Å². The molecule has 176 valence electrons. The monoisotopic (exact) mass is 486 g/mol. The Bertz CT molecular complexity index is 1590. The number of halogens is 1. The summed E-state index contributed by atoms with van der Waals surface area (Å²) in [5.74, 6) is 1.25. The topological polar surface area (TPSA) is 70.7 Å². The van der Waals surface area contributed by atoms with Crippen molar-refractivity contribution in [3.8, 4) is 28.4 Å². The molecular formula is C27H23ClN4O3. The zero-order chi connectivity index (χ0) is 24.5. The van der Waals surface area contributed by atoms with E-state index in [1.807, 2.05) is 68.4 Å². The van der Waals surface area contributed by atoms with Crippen molar-refractivity contribution in [2.45, 2.75) is 20.5 Å². The van der Waals surface area contributed by atoms with Gasteiger partial charge in [-0.15, -0.1) is 0 Å². The summed E-state index contributed by atoms with van der Waals surface area (Å²) in [5.41, 5.74) is 4.52. The summed E-state index contributed by atoms with van der Waals surface area (Å²) >= 11 is 5.97. The Morgan fingerprint density at radius 1 is 1.00 bits per heavy atom. The van der Waals surface area contributed by atoms with E-state index in [1.54, 1.807) is 30.1 Å². The predicted molar refractivity (Wildman–Crippen MR) is 136 cm³/mol. The lowest BCUT2D eigenvalue weighted by molar-refractivity contribution is 0.308. The summed E-state index contributed by atoms with van der Waals surface area (Å²) < 4.78 is 14.6. The predicted octanol–water partition coefficient (Wildman–Crippen LogP) is 5.41. The Hall–Kier alpha value is -4.10. The molecule has 5 rings (SSSR count). The highest BCUT2D eigenvalue weighted by Gasteiger charge is 2.18. The molecule has 3 heterocycles. The molecule has 7 nitrogen and oxygen atoms in total. The van der Waals surface area contributed by atoms with Crippen LogP contribution in [0.5, 0.6) is 11.5 Å². The molecular weight excluding hydrogens is 464 g/mol. The molecule has 0 unspecified atom stereocenters. The van der Waals surface area contributed by atoms with Gasteiger partial charge in [0.25, 0.3) is 5.56 Å². The number of nitrogens with zero attached hydrogens (tertiary/aromatic N) is 4. The number of benzene rings is 2. The van der Waals surface area contributed by atoms with Crippen molar-refractivity contribution in [1.29, 1.82) is 0 Å². The quantitative estimate of drug-likeness (QED) is 0.321. The molecule has 2 aromatic carbocycles. The number of fused-ring (bicyclic) bond motifs is 1. The lowest BCUT2D eigenvalue weighted by atomic mass is 10.1. The number of pyridine rings is 1. The van der Waals surface area contributed by atoms with Gasteiger partial charge in [0, 0.05) is 23.0 Å². The maximum atomic E-state index is 13.6. The number of aryl methyl sites for hydroxylation is 2. The van der Waals surface area contributed by atoms with Crippen molar-refractivity contribution in [2.24, 2.45) is 0 Å². The van der Waals surface area contributed by atoms with Crippen molar-refractivity contribution >= 4 is 17.2 Å². The van der Waals surface area contributed by atoms with Crippen LogP contribution in [0.1, 0.15) is 17.0 Å². The maximum Gasteiger partial charge on any atom is 0.267 e. The normalized spacial score (nSPS) is 11.1. The minimum atomic E-state index is -0.209. The minimum Gasteiger partial charge on any atom is -0.497 e. The van der Waals surface area contributed by atoms with E-state index in [0.717, 1.165) is 22.7 Å². The van der Waals surface area contributed by atoms with Gasteiger partial charge in [-0.05, 0) is 61.9 Å². The van der Waals surface area contributed by atoms with Gasteiger partial charge in [-0.1, -0.05) is 29.8 Å². The van der Waals surface area contributed by atoms with E-state index in [0.29, 0.717) is 40.0 Å². The average Bonchev–Trinajstić information content (AvgIpc) is 3.24. The maximum absolute atomic E-state index is 13.6. The first kappa shape index (κ1) is 22.7. The standard InChI is InChI=1S/C27H23ClN4O3/c1-17-14-23(30-32(17)21-6-4-7-22(15-21)34-3)25-18(2)29-26-24(8-5-13-31(26)27(25)33)35-16-19-9-11-20(28)12-10-19/h4-15H,16H2,1-3H3. The second-order valence-electron chi connectivity index (χ2n) is 8.14. The number of rotatable bonds is 6. The highest BCUT2D eigenvalue weighted by molar-refractivity contribution is 6.30. The molecule has 0 radical (unpaired) electrons. The molecule has 0 atom stereocenters. The molecule has 0 spiro atoms. The third kappa shape index (κ3) is 4.38. The second kappa shape index (κ2) is 9.27. The first-order valence-electron chi connectivity index (χ1n) is 11.1. The summed E-state index contributed by atoms with van der Waals surface area (Å²) in [6.07, 6.45) is 1.69. The first-order valence-corrected chi connectivity index (χ1v) is 11.4. The van der Waals surface area contributed by atoms with Gasteiger partial charge in [0.15, 0.2) is 11.4 Å². The Kier molecular flexibility index (Phi) is 6.01. The fourth-order valence-electron chi connectivity index (χ4n) is 3.99.